The Morgan fingerprint density at radius 2 is 1.62 bits per heavy atom. The van der Waals surface area contributed by atoms with Crippen molar-refractivity contribution in [2.45, 2.75) is 6.61 Å². The van der Waals surface area contributed by atoms with Gasteiger partial charge in [0.25, 0.3) is 11.1 Å². The summed E-state index contributed by atoms with van der Waals surface area (Å²) in [7, 11) is 0. The van der Waals surface area contributed by atoms with Crippen molar-refractivity contribution in [1.82, 2.24) is 9.80 Å². The highest BCUT2D eigenvalue weighted by molar-refractivity contribution is 9.10. The van der Waals surface area contributed by atoms with E-state index in [0.29, 0.717) is 44.1 Å². The van der Waals surface area contributed by atoms with Crippen LogP contribution in [0.5, 0.6) is 5.75 Å². The molecule has 4 aromatic carbocycles. The molecule has 212 valence electrons. The van der Waals surface area contributed by atoms with Crippen molar-refractivity contribution in [3.05, 3.63) is 112 Å². The quantitative estimate of drug-likeness (QED) is 0.213. The van der Waals surface area contributed by atoms with Gasteiger partial charge in [0, 0.05) is 41.9 Å². The van der Waals surface area contributed by atoms with E-state index in [0.717, 1.165) is 43.2 Å². The summed E-state index contributed by atoms with van der Waals surface area (Å²) in [6, 6.07) is 29.9. The Hall–Kier alpha value is -4.08. The van der Waals surface area contributed by atoms with Crippen LogP contribution in [0, 0.1) is 0 Å². The second-order valence-corrected chi connectivity index (χ2v) is 12.0. The zero-order valence-electron chi connectivity index (χ0n) is 22.7. The van der Waals surface area contributed by atoms with Gasteiger partial charge < -0.3 is 14.5 Å². The first-order valence-electron chi connectivity index (χ1n) is 13.7. The summed E-state index contributed by atoms with van der Waals surface area (Å²) >= 11 is 4.34. The molecule has 0 N–H and O–H groups in total. The van der Waals surface area contributed by atoms with Crippen LogP contribution in [0.1, 0.15) is 11.1 Å². The molecule has 3 amide bonds. The summed E-state index contributed by atoms with van der Waals surface area (Å²) in [4.78, 5) is 44.4. The summed E-state index contributed by atoms with van der Waals surface area (Å²) in [5.41, 5.74) is 2.83. The molecule has 2 aliphatic rings. The van der Waals surface area contributed by atoms with Crippen LogP contribution >= 0.6 is 27.7 Å². The fourth-order valence-electron chi connectivity index (χ4n) is 5.20. The SMILES string of the molecule is O=C(CN1C(=O)S/C(=C/c2cc(Br)ccc2OCc2cccc3ccccc23)C1=O)N1CCN(c2ccccc2)CC1. The van der Waals surface area contributed by atoms with Gasteiger partial charge in [-0.15, -0.1) is 0 Å². The maximum Gasteiger partial charge on any atom is 0.294 e. The highest BCUT2D eigenvalue weighted by Gasteiger charge is 2.37. The molecule has 0 radical (unpaired) electrons. The van der Waals surface area contributed by atoms with Gasteiger partial charge in [-0.25, -0.2) is 0 Å². The standard InChI is InChI=1S/C33H28BrN3O4S/c34-26-13-14-29(41-22-24-9-6-8-23-7-4-5-12-28(23)24)25(19-26)20-30-32(39)37(33(40)42-30)21-31(38)36-17-15-35(16-18-36)27-10-2-1-3-11-27/h1-14,19-20H,15-18,21-22H2/b30-20+. The summed E-state index contributed by atoms with van der Waals surface area (Å²) in [5.74, 6) is -0.112. The van der Waals surface area contributed by atoms with Crippen molar-refractivity contribution < 1.29 is 19.1 Å². The van der Waals surface area contributed by atoms with Gasteiger partial charge in [-0.05, 0) is 64.5 Å². The van der Waals surface area contributed by atoms with Crippen LogP contribution in [0.25, 0.3) is 16.8 Å². The van der Waals surface area contributed by atoms with Gasteiger partial charge in [-0.3, -0.25) is 19.3 Å². The second kappa shape index (κ2) is 12.4. The molecule has 0 saturated carbocycles. The lowest BCUT2D eigenvalue weighted by Crippen LogP contribution is -2.51. The minimum Gasteiger partial charge on any atom is -0.488 e. The third-order valence-corrected chi connectivity index (χ3v) is 8.84. The van der Waals surface area contributed by atoms with Crippen LogP contribution in [-0.4, -0.2) is 59.6 Å². The average molecular weight is 643 g/mol. The number of hydrogen-bond acceptors (Lipinski definition) is 6. The Kier molecular flexibility index (Phi) is 8.30. The number of rotatable bonds is 7. The number of halogens is 1. The van der Waals surface area contributed by atoms with E-state index in [4.69, 9.17) is 4.74 Å². The van der Waals surface area contributed by atoms with Crippen LogP contribution in [0.3, 0.4) is 0 Å². The number of amides is 3. The smallest absolute Gasteiger partial charge is 0.294 e. The molecule has 2 fully saturated rings. The highest BCUT2D eigenvalue weighted by atomic mass is 79.9. The summed E-state index contributed by atoms with van der Waals surface area (Å²) in [5, 5.41) is 1.80. The molecular formula is C33H28BrN3O4S. The van der Waals surface area contributed by atoms with Crippen LogP contribution in [0.15, 0.2) is 100 Å². The maximum atomic E-state index is 13.3. The highest BCUT2D eigenvalue weighted by Crippen LogP contribution is 2.35. The molecule has 9 heteroatoms. The van der Waals surface area contributed by atoms with Crippen molar-refractivity contribution in [3.63, 3.8) is 0 Å². The molecule has 2 saturated heterocycles. The summed E-state index contributed by atoms with van der Waals surface area (Å²) < 4.78 is 7.04. The van der Waals surface area contributed by atoms with Gasteiger partial charge in [-0.2, -0.15) is 0 Å². The number of carbonyl (C=O) groups excluding carboxylic acids is 3. The van der Waals surface area contributed by atoms with Crippen LogP contribution in [0.2, 0.25) is 0 Å². The minimum atomic E-state index is -0.471. The van der Waals surface area contributed by atoms with E-state index in [2.05, 4.69) is 51.2 Å². The predicted octanol–water partition coefficient (Wildman–Crippen LogP) is 6.57. The monoisotopic (exact) mass is 641 g/mol. The first-order chi connectivity index (χ1) is 20.5. The van der Waals surface area contributed by atoms with Crippen LogP contribution in [0.4, 0.5) is 10.5 Å². The minimum absolute atomic E-state index is 0.229. The third-order valence-electron chi connectivity index (χ3n) is 7.44. The molecule has 0 unspecified atom stereocenters. The van der Waals surface area contributed by atoms with Crippen molar-refractivity contribution >= 4 is 67.3 Å². The predicted molar refractivity (Wildman–Crippen MR) is 170 cm³/mol. The first-order valence-corrected chi connectivity index (χ1v) is 15.3. The molecule has 42 heavy (non-hydrogen) atoms. The first kappa shape index (κ1) is 28.1. The molecule has 0 spiro atoms. The van der Waals surface area contributed by atoms with E-state index in [-0.39, 0.29) is 17.4 Å². The molecule has 0 aromatic heterocycles. The Balaban J connectivity index is 1.13. The molecular weight excluding hydrogens is 614 g/mol. The Morgan fingerprint density at radius 3 is 2.43 bits per heavy atom. The lowest BCUT2D eigenvalue weighted by atomic mass is 10.1. The van der Waals surface area contributed by atoms with Crippen molar-refractivity contribution in [3.8, 4) is 5.75 Å². The topological polar surface area (TPSA) is 70.2 Å². The van der Waals surface area contributed by atoms with Gasteiger partial charge >= 0.3 is 0 Å². The largest absolute Gasteiger partial charge is 0.488 e. The van der Waals surface area contributed by atoms with Crippen molar-refractivity contribution in [1.29, 1.82) is 0 Å². The van der Waals surface area contributed by atoms with E-state index in [1.165, 1.54) is 0 Å². The van der Waals surface area contributed by atoms with Crippen LogP contribution in [-0.2, 0) is 16.2 Å². The number of thioether (sulfide) groups is 1. The van der Waals surface area contributed by atoms with Gasteiger partial charge in [-0.1, -0.05) is 76.6 Å². The number of hydrogen-bond donors (Lipinski definition) is 0. The zero-order valence-corrected chi connectivity index (χ0v) is 25.1. The van der Waals surface area contributed by atoms with Gasteiger partial charge in [0.15, 0.2) is 0 Å². The van der Waals surface area contributed by atoms with E-state index >= 15 is 0 Å². The average Bonchev–Trinajstić information content (AvgIpc) is 3.28. The van der Waals surface area contributed by atoms with Gasteiger partial charge in [0.05, 0.1) is 4.91 Å². The number of benzene rings is 4. The molecule has 0 atom stereocenters. The molecule has 2 aliphatic heterocycles. The molecule has 6 rings (SSSR count). The van der Waals surface area contributed by atoms with E-state index < -0.39 is 11.1 Å². The van der Waals surface area contributed by atoms with Crippen LogP contribution < -0.4 is 9.64 Å². The summed E-state index contributed by atoms with van der Waals surface area (Å²) in [6.07, 6.45) is 1.66. The van der Waals surface area contributed by atoms with E-state index in [1.54, 1.807) is 11.0 Å². The Morgan fingerprint density at radius 1 is 0.881 bits per heavy atom. The number of carbonyl (C=O) groups is 3. The normalized spacial score (nSPS) is 16.5. The fraction of sp³-hybridized carbons (Fsp3) is 0.182. The number of piperazine rings is 1. The fourth-order valence-corrected chi connectivity index (χ4v) is 6.41. The molecule has 7 nitrogen and oxygen atoms in total. The second-order valence-electron chi connectivity index (χ2n) is 10.1. The number of para-hydroxylation sites is 1. The Labute approximate surface area is 256 Å². The summed E-state index contributed by atoms with van der Waals surface area (Å²) in [6.45, 7) is 2.54. The number of fused-ring (bicyclic) bond motifs is 1. The third kappa shape index (κ3) is 6.07. The molecule has 2 heterocycles. The zero-order chi connectivity index (χ0) is 29.1. The Bertz CT molecular complexity index is 1680. The van der Waals surface area contributed by atoms with E-state index in [1.807, 2.05) is 60.7 Å². The number of ether oxygens (including phenoxy) is 1. The maximum absolute atomic E-state index is 13.3. The molecule has 4 aromatic rings. The molecule has 0 aliphatic carbocycles. The lowest BCUT2D eigenvalue weighted by molar-refractivity contribution is -0.136. The van der Waals surface area contributed by atoms with Crippen molar-refractivity contribution in [2.75, 3.05) is 37.6 Å². The molecule has 0 bridgehead atoms. The number of nitrogens with zero attached hydrogens (tertiary/aromatic N) is 3. The van der Waals surface area contributed by atoms with E-state index in [9.17, 15) is 14.4 Å². The number of anilines is 1. The number of imide groups is 1. The van der Waals surface area contributed by atoms with Crippen molar-refractivity contribution in [2.24, 2.45) is 0 Å². The van der Waals surface area contributed by atoms with Gasteiger partial charge in [0.2, 0.25) is 5.91 Å². The van der Waals surface area contributed by atoms with Gasteiger partial charge in [0.1, 0.15) is 18.9 Å². The lowest BCUT2D eigenvalue weighted by Gasteiger charge is -2.36.